The van der Waals surface area contributed by atoms with Gasteiger partial charge in [0.15, 0.2) is 0 Å². The van der Waals surface area contributed by atoms with Gasteiger partial charge in [0.05, 0.1) is 12.2 Å². The zero-order valence-electron chi connectivity index (χ0n) is 27.2. The Morgan fingerprint density at radius 1 is 0.844 bits per heavy atom. The molecule has 0 aromatic heterocycles. The van der Waals surface area contributed by atoms with E-state index in [2.05, 4.69) is 31.9 Å². The van der Waals surface area contributed by atoms with Crippen molar-refractivity contribution in [3.05, 3.63) is 85.0 Å². The van der Waals surface area contributed by atoms with Gasteiger partial charge in [-0.1, -0.05) is 50.3 Å². The van der Waals surface area contributed by atoms with Crippen molar-refractivity contribution in [2.75, 3.05) is 26.9 Å². The average molecular weight is 615 g/mol. The Hall–Kier alpha value is -3.64. The van der Waals surface area contributed by atoms with Crippen LogP contribution in [0.1, 0.15) is 82.6 Å². The molecule has 6 heteroatoms. The van der Waals surface area contributed by atoms with Gasteiger partial charge in [-0.3, -0.25) is 0 Å². The molecule has 4 rings (SSSR count). The molecule has 0 aliphatic heterocycles. The first-order valence-corrected chi connectivity index (χ1v) is 16.5. The highest BCUT2D eigenvalue weighted by atomic mass is 16.6. The van der Waals surface area contributed by atoms with Gasteiger partial charge in [-0.25, -0.2) is 9.59 Å². The summed E-state index contributed by atoms with van der Waals surface area (Å²) in [6.07, 6.45) is 14.6. The Labute approximate surface area is 269 Å². The molecule has 0 bridgehead atoms. The van der Waals surface area contributed by atoms with Crippen LogP contribution in [0.2, 0.25) is 0 Å². The third-order valence-electron chi connectivity index (χ3n) is 9.49. The maximum atomic E-state index is 12.5. The third-order valence-corrected chi connectivity index (χ3v) is 9.49. The van der Waals surface area contributed by atoms with Gasteiger partial charge in [-0.15, -0.1) is 6.58 Å². The molecule has 0 radical (unpaired) electrons. The Morgan fingerprint density at radius 2 is 1.49 bits per heavy atom. The van der Waals surface area contributed by atoms with Crippen LogP contribution in [-0.2, 0) is 19.1 Å². The van der Waals surface area contributed by atoms with Crippen LogP contribution in [0.3, 0.4) is 0 Å². The Bertz CT molecular complexity index is 1310. The molecule has 2 aromatic carbocycles. The van der Waals surface area contributed by atoms with Crippen LogP contribution >= 0.6 is 0 Å². The first kappa shape index (κ1) is 34.2. The molecule has 2 aliphatic carbocycles. The van der Waals surface area contributed by atoms with Crippen molar-refractivity contribution in [1.29, 1.82) is 0 Å². The number of carbonyl (C=O) groups excluding carboxylic acids is 2. The van der Waals surface area contributed by atoms with Gasteiger partial charge < -0.3 is 18.9 Å². The number of esters is 2. The molecule has 2 aliphatic rings. The Balaban J connectivity index is 1.38. The highest BCUT2D eigenvalue weighted by molar-refractivity contribution is 5.89. The predicted octanol–water partition coefficient (Wildman–Crippen LogP) is 9.01. The van der Waals surface area contributed by atoms with Crippen LogP contribution in [0.25, 0.3) is 11.1 Å². The van der Waals surface area contributed by atoms with Crippen molar-refractivity contribution in [3.63, 3.8) is 0 Å². The highest BCUT2D eigenvalue weighted by Gasteiger charge is 2.32. The summed E-state index contributed by atoms with van der Waals surface area (Å²) in [4.78, 5) is 24.4. The summed E-state index contributed by atoms with van der Waals surface area (Å²) in [6.45, 7) is 13.5. The number of carbonyl (C=O) groups is 2. The minimum Gasteiger partial charge on any atom is -0.490 e. The average Bonchev–Trinajstić information content (AvgIpc) is 3.06. The number of allylic oxidation sites excluding steroid dienone is 1. The van der Waals surface area contributed by atoms with E-state index in [1.54, 1.807) is 6.92 Å². The van der Waals surface area contributed by atoms with Crippen LogP contribution in [0, 0.1) is 17.8 Å². The zero-order chi connectivity index (χ0) is 32.2. The second-order valence-corrected chi connectivity index (χ2v) is 12.7. The molecule has 6 nitrogen and oxygen atoms in total. The smallest absolute Gasteiger partial charge is 0.338 e. The summed E-state index contributed by atoms with van der Waals surface area (Å²) in [5.74, 6) is 3.32. The van der Waals surface area contributed by atoms with Crippen molar-refractivity contribution >= 4 is 11.9 Å². The summed E-state index contributed by atoms with van der Waals surface area (Å²) in [7, 11) is 1.50. The molecule has 45 heavy (non-hydrogen) atoms. The number of benzene rings is 2. The van der Waals surface area contributed by atoms with Gasteiger partial charge in [-0.2, -0.15) is 0 Å². The molecule has 0 atom stereocenters. The molecule has 2 saturated carbocycles. The largest absolute Gasteiger partial charge is 0.490 e. The van der Waals surface area contributed by atoms with Crippen molar-refractivity contribution in [2.45, 2.75) is 77.0 Å². The highest BCUT2D eigenvalue weighted by Crippen LogP contribution is 2.46. The summed E-state index contributed by atoms with van der Waals surface area (Å²) in [6, 6.07) is 14.0. The first-order chi connectivity index (χ1) is 21.8. The van der Waals surface area contributed by atoms with Gasteiger partial charge >= 0.3 is 11.9 Å². The second kappa shape index (κ2) is 17.2. The Kier molecular flexibility index (Phi) is 13.1. The summed E-state index contributed by atoms with van der Waals surface area (Å²) >= 11 is 0. The maximum Gasteiger partial charge on any atom is 0.338 e. The van der Waals surface area contributed by atoms with E-state index >= 15 is 0 Å². The zero-order valence-corrected chi connectivity index (χ0v) is 27.2. The van der Waals surface area contributed by atoms with Gasteiger partial charge in [-0.05, 0) is 123 Å². The normalized spacial score (nSPS) is 21.4. The standard InChI is InChI=1S/C39H50O6/c1-6-7-8-29-9-11-30(12-10-29)31-13-15-33(16-14-31)36-25-34(19-22-37(36)45-38(40)27(2)3)32-17-20-35(21-18-32)43-23-24-44-39(41)28(4)26-42-5/h6,17-22,25,29-31,33H,1-2,4,7-16,23-24,26H2,3,5H3. The first-order valence-electron chi connectivity index (χ1n) is 16.5. The van der Waals surface area contributed by atoms with E-state index < -0.39 is 5.97 Å². The maximum absolute atomic E-state index is 12.5. The van der Waals surface area contributed by atoms with E-state index in [1.807, 2.05) is 36.4 Å². The number of hydrogen-bond donors (Lipinski definition) is 0. The number of rotatable bonds is 15. The van der Waals surface area contributed by atoms with Gasteiger partial charge in [0, 0.05) is 12.7 Å². The van der Waals surface area contributed by atoms with Crippen molar-refractivity contribution < 1.29 is 28.5 Å². The van der Waals surface area contributed by atoms with Crippen LogP contribution in [-0.4, -0.2) is 38.9 Å². The monoisotopic (exact) mass is 614 g/mol. The van der Waals surface area contributed by atoms with E-state index in [4.69, 9.17) is 18.9 Å². The van der Waals surface area contributed by atoms with Gasteiger partial charge in [0.25, 0.3) is 0 Å². The van der Waals surface area contributed by atoms with Crippen molar-refractivity contribution in [1.82, 2.24) is 0 Å². The lowest BCUT2D eigenvalue weighted by atomic mass is 9.68. The molecule has 2 fully saturated rings. The minimum absolute atomic E-state index is 0.121. The molecule has 2 aromatic rings. The fourth-order valence-corrected chi connectivity index (χ4v) is 6.90. The summed E-state index contributed by atoms with van der Waals surface area (Å²) in [5, 5.41) is 0. The lowest BCUT2D eigenvalue weighted by molar-refractivity contribution is -0.140. The SMILES string of the molecule is C=CCCC1CCC(C2CCC(c3cc(-c4ccc(OCCOC(=O)C(=C)COC)cc4)ccc3OC(=O)C(=C)C)CC2)CC1. The molecule has 0 spiro atoms. The van der Waals surface area contributed by atoms with Gasteiger partial charge in [0.2, 0.25) is 0 Å². The summed E-state index contributed by atoms with van der Waals surface area (Å²) in [5.41, 5.74) is 3.88. The molecule has 0 heterocycles. The van der Waals surface area contributed by atoms with E-state index in [0.717, 1.165) is 53.7 Å². The van der Waals surface area contributed by atoms with Crippen molar-refractivity contribution in [3.8, 4) is 22.6 Å². The van der Waals surface area contributed by atoms with E-state index in [1.165, 1.54) is 52.1 Å². The lowest BCUT2D eigenvalue weighted by Crippen LogP contribution is -2.25. The number of ether oxygens (including phenoxy) is 4. The number of methoxy groups -OCH3 is 1. The van der Waals surface area contributed by atoms with Crippen LogP contribution in [0.15, 0.2) is 79.4 Å². The molecule has 0 unspecified atom stereocenters. The molecular weight excluding hydrogens is 564 g/mol. The third kappa shape index (κ3) is 9.92. The fraction of sp³-hybridized carbons (Fsp3) is 0.487. The minimum atomic E-state index is -0.487. The van der Waals surface area contributed by atoms with E-state index in [9.17, 15) is 9.59 Å². The Morgan fingerprint density at radius 3 is 2.11 bits per heavy atom. The van der Waals surface area contributed by atoms with Gasteiger partial charge in [0.1, 0.15) is 24.7 Å². The van der Waals surface area contributed by atoms with Crippen molar-refractivity contribution in [2.24, 2.45) is 17.8 Å². The molecule has 0 N–H and O–H groups in total. The second-order valence-electron chi connectivity index (χ2n) is 12.7. The van der Waals surface area contributed by atoms with Crippen LogP contribution < -0.4 is 9.47 Å². The molecule has 0 amide bonds. The van der Waals surface area contributed by atoms with Crippen LogP contribution in [0.4, 0.5) is 0 Å². The number of hydrogen-bond acceptors (Lipinski definition) is 6. The quantitative estimate of drug-likeness (QED) is 0.0656. The predicted molar refractivity (Wildman–Crippen MR) is 179 cm³/mol. The topological polar surface area (TPSA) is 71.1 Å². The fourth-order valence-electron chi connectivity index (χ4n) is 6.90. The lowest BCUT2D eigenvalue weighted by Gasteiger charge is -2.38. The molecule has 0 saturated heterocycles. The summed E-state index contributed by atoms with van der Waals surface area (Å²) < 4.78 is 21.7. The van der Waals surface area contributed by atoms with E-state index in [0.29, 0.717) is 23.0 Å². The molecular formula is C39H50O6. The molecule has 242 valence electrons. The van der Waals surface area contributed by atoms with Crippen LogP contribution in [0.5, 0.6) is 11.5 Å². The van der Waals surface area contributed by atoms with E-state index in [-0.39, 0.29) is 31.4 Å².